The molecule has 0 bridgehead atoms. The number of guanidine groups is 1. The average molecular weight is 400 g/mol. The smallest absolute Gasteiger partial charge is 0.191 e. The van der Waals surface area contributed by atoms with E-state index in [1.165, 1.54) is 14.8 Å². The molecule has 3 rings (SSSR count). The highest BCUT2D eigenvalue weighted by molar-refractivity contribution is 7.15. The van der Waals surface area contributed by atoms with E-state index in [-0.39, 0.29) is 0 Å². The van der Waals surface area contributed by atoms with E-state index in [4.69, 9.17) is 4.98 Å². The van der Waals surface area contributed by atoms with Crippen LogP contribution in [-0.2, 0) is 13.0 Å². The van der Waals surface area contributed by atoms with Crippen LogP contribution in [-0.4, -0.2) is 29.5 Å². The minimum atomic E-state index is 0.714. The van der Waals surface area contributed by atoms with Crippen LogP contribution in [0.15, 0.2) is 35.3 Å². The van der Waals surface area contributed by atoms with Gasteiger partial charge in [0.15, 0.2) is 5.96 Å². The number of rotatable bonds is 6. The number of benzene rings is 1. The van der Waals surface area contributed by atoms with Gasteiger partial charge in [0.2, 0.25) is 0 Å². The first kappa shape index (κ1) is 19.5. The SMILES string of the molecule is CN=C(NCCc1nc(C)c(C)s1)NCc1sc(-c2ccccc2)nc1C. The van der Waals surface area contributed by atoms with Gasteiger partial charge in [-0.15, -0.1) is 22.7 Å². The molecule has 27 heavy (non-hydrogen) atoms. The number of nitrogens with zero attached hydrogens (tertiary/aromatic N) is 3. The molecule has 2 heterocycles. The molecule has 0 aliphatic carbocycles. The lowest BCUT2D eigenvalue weighted by Crippen LogP contribution is -2.37. The summed E-state index contributed by atoms with van der Waals surface area (Å²) < 4.78 is 0. The van der Waals surface area contributed by atoms with Crippen LogP contribution in [0.2, 0.25) is 0 Å². The van der Waals surface area contributed by atoms with Crippen LogP contribution in [0, 0.1) is 20.8 Å². The maximum atomic E-state index is 4.71. The largest absolute Gasteiger partial charge is 0.356 e. The Balaban J connectivity index is 1.53. The van der Waals surface area contributed by atoms with Gasteiger partial charge >= 0.3 is 0 Å². The van der Waals surface area contributed by atoms with Crippen LogP contribution >= 0.6 is 22.7 Å². The molecule has 0 radical (unpaired) electrons. The molecule has 0 unspecified atom stereocenters. The maximum absolute atomic E-state index is 4.71. The molecular weight excluding hydrogens is 374 g/mol. The van der Waals surface area contributed by atoms with Crippen LogP contribution in [0.5, 0.6) is 0 Å². The number of thiazole rings is 2. The van der Waals surface area contributed by atoms with Crippen molar-refractivity contribution in [1.82, 2.24) is 20.6 Å². The Bertz CT molecular complexity index is 892. The van der Waals surface area contributed by atoms with Crippen molar-refractivity contribution in [2.24, 2.45) is 4.99 Å². The van der Waals surface area contributed by atoms with Crippen molar-refractivity contribution in [3.05, 3.63) is 56.5 Å². The van der Waals surface area contributed by atoms with Crippen LogP contribution in [0.25, 0.3) is 10.6 Å². The van der Waals surface area contributed by atoms with E-state index >= 15 is 0 Å². The third-order valence-electron chi connectivity index (χ3n) is 4.26. The van der Waals surface area contributed by atoms with Crippen LogP contribution in [0.1, 0.15) is 26.1 Å². The lowest BCUT2D eigenvalue weighted by molar-refractivity contribution is 0.792. The monoisotopic (exact) mass is 399 g/mol. The summed E-state index contributed by atoms with van der Waals surface area (Å²) in [4.78, 5) is 16.1. The van der Waals surface area contributed by atoms with Crippen molar-refractivity contribution in [2.45, 2.75) is 33.7 Å². The molecule has 2 N–H and O–H groups in total. The molecule has 0 saturated heterocycles. The molecular formula is C20H25N5S2. The first-order chi connectivity index (χ1) is 13.1. The molecule has 7 heteroatoms. The fourth-order valence-corrected chi connectivity index (χ4v) is 4.56. The van der Waals surface area contributed by atoms with Gasteiger partial charge in [0.1, 0.15) is 5.01 Å². The summed E-state index contributed by atoms with van der Waals surface area (Å²) in [5.41, 5.74) is 3.36. The van der Waals surface area contributed by atoms with Gasteiger partial charge in [-0.05, 0) is 20.8 Å². The zero-order valence-electron chi connectivity index (χ0n) is 16.2. The molecule has 2 aromatic heterocycles. The maximum Gasteiger partial charge on any atom is 0.191 e. The van der Waals surface area contributed by atoms with Crippen molar-refractivity contribution in [3.8, 4) is 10.6 Å². The average Bonchev–Trinajstić information content (AvgIpc) is 3.20. The van der Waals surface area contributed by atoms with E-state index in [0.717, 1.165) is 40.9 Å². The molecule has 142 valence electrons. The Hall–Kier alpha value is -2.25. The van der Waals surface area contributed by atoms with Gasteiger partial charge in [-0.25, -0.2) is 9.97 Å². The predicted molar refractivity (Wildman–Crippen MR) is 116 cm³/mol. The summed E-state index contributed by atoms with van der Waals surface area (Å²) in [5, 5.41) is 8.97. The number of aliphatic imine (C=N–C) groups is 1. The van der Waals surface area contributed by atoms with Crippen LogP contribution < -0.4 is 10.6 Å². The molecule has 5 nitrogen and oxygen atoms in total. The van der Waals surface area contributed by atoms with Crippen molar-refractivity contribution < 1.29 is 0 Å². The summed E-state index contributed by atoms with van der Waals surface area (Å²) >= 11 is 3.49. The summed E-state index contributed by atoms with van der Waals surface area (Å²) in [6.07, 6.45) is 0.901. The quantitative estimate of drug-likeness (QED) is 0.484. The van der Waals surface area contributed by atoms with Gasteiger partial charge in [0.05, 0.1) is 22.9 Å². The van der Waals surface area contributed by atoms with Crippen molar-refractivity contribution in [1.29, 1.82) is 0 Å². The summed E-state index contributed by atoms with van der Waals surface area (Å²) in [6, 6.07) is 10.3. The lowest BCUT2D eigenvalue weighted by atomic mass is 10.2. The van der Waals surface area contributed by atoms with E-state index in [0.29, 0.717) is 6.54 Å². The molecule has 3 aromatic rings. The topological polar surface area (TPSA) is 62.2 Å². The summed E-state index contributed by atoms with van der Waals surface area (Å²) in [6.45, 7) is 7.76. The second kappa shape index (κ2) is 9.10. The van der Waals surface area contributed by atoms with Gasteiger partial charge in [0.25, 0.3) is 0 Å². The summed E-state index contributed by atoms with van der Waals surface area (Å²) in [7, 11) is 1.79. The second-order valence-electron chi connectivity index (χ2n) is 6.25. The molecule has 0 fully saturated rings. The Kier molecular flexibility index (Phi) is 6.58. The van der Waals surface area contributed by atoms with Gasteiger partial charge in [0, 0.05) is 35.3 Å². The van der Waals surface area contributed by atoms with Crippen molar-refractivity contribution >= 4 is 28.6 Å². The second-order valence-corrected chi connectivity index (χ2v) is 8.62. The van der Waals surface area contributed by atoms with E-state index in [1.807, 2.05) is 18.2 Å². The predicted octanol–water partition coefficient (Wildman–Crippen LogP) is 4.10. The van der Waals surface area contributed by atoms with Gasteiger partial charge in [-0.2, -0.15) is 0 Å². The molecule has 1 aromatic carbocycles. The highest BCUT2D eigenvalue weighted by Crippen LogP contribution is 2.27. The zero-order chi connectivity index (χ0) is 19.2. The summed E-state index contributed by atoms with van der Waals surface area (Å²) in [5.74, 6) is 0.800. The standard InChI is InChI=1S/C20H25N5S2/c1-13-15(3)26-18(24-13)10-11-22-20(21-4)23-12-17-14(2)25-19(27-17)16-8-6-5-7-9-16/h5-9H,10-12H2,1-4H3,(H2,21,22,23). The minimum Gasteiger partial charge on any atom is -0.356 e. The molecule has 0 saturated carbocycles. The van der Waals surface area contributed by atoms with E-state index < -0.39 is 0 Å². The van der Waals surface area contributed by atoms with E-state index in [2.05, 4.69) is 53.5 Å². The molecule has 0 spiro atoms. The number of nitrogens with one attached hydrogen (secondary N) is 2. The third-order valence-corrected chi connectivity index (χ3v) is 6.60. The normalized spacial score (nSPS) is 11.6. The van der Waals surface area contributed by atoms with Crippen LogP contribution in [0.3, 0.4) is 0 Å². The zero-order valence-corrected chi connectivity index (χ0v) is 17.8. The first-order valence-electron chi connectivity index (χ1n) is 8.96. The molecule has 0 aliphatic rings. The Morgan fingerprint density at radius 1 is 1.00 bits per heavy atom. The van der Waals surface area contributed by atoms with Gasteiger partial charge in [-0.1, -0.05) is 30.3 Å². The van der Waals surface area contributed by atoms with Crippen LogP contribution in [0.4, 0.5) is 0 Å². The minimum absolute atomic E-state index is 0.714. The number of aromatic nitrogens is 2. The van der Waals surface area contributed by atoms with E-state index in [1.54, 1.807) is 29.7 Å². The first-order valence-corrected chi connectivity index (χ1v) is 10.6. The number of hydrogen-bond acceptors (Lipinski definition) is 5. The number of hydrogen-bond donors (Lipinski definition) is 2. The Labute approximate surface area is 168 Å². The Morgan fingerprint density at radius 3 is 2.44 bits per heavy atom. The van der Waals surface area contributed by atoms with Crippen molar-refractivity contribution in [3.63, 3.8) is 0 Å². The van der Waals surface area contributed by atoms with Gasteiger partial charge in [-0.3, -0.25) is 4.99 Å². The lowest BCUT2D eigenvalue weighted by Gasteiger charge is -2.10. The van der Waals surface area contributed by atoms with E-state index in [9.17, 15) is 0 Å². The van der Waals surface area contributed by atoms with Crippen molar-refractivity contribution in [2.75, 3.05) is 13.6 Å². The fraction of sp³-hybridized carbons (Fsp3) is 0.350. The highest BCUT2D eigenvalue weighted by Gasteiger charge is 2.10. The third kappa shape index (κ3) is 5.14. The van der Waals surface area contributed by atoms with Gasteiger partial charge < -0.3 is 10.6 Å². The molecule has 0 amide bonds. The molecule has 0 atom stereocenters. The number of aryl methyl sites for hydroxylation is 3. The Morgan fingerprint density at radius 2 is 1.78 bits per heavy atom. The highest BCUT2D eigenvalue weighted by atomic mass is 32.1. The fourth-order valence-electron chi connectivity index (χ4n) is 2.61. The molecule has 0 aliphatic heterocycles.